The smallest absolute Gasteiger partial charge is 0.303 e. The Balaban J connectivity index is 1.96. The molecular formula is C13H16O3S. The van der Waals surface area contributed by atoms with Gasteiger partial charge in [-0.3, -0.25) is 4.79 Å². The second kappa shape index (κ2) is 5.00. The molecule has 0 aromatic heterocycles. The molecule has 1 aromatic carbocycles. The zero-order chi connectivity index (χ0) is 12.3. The highest BCUT2D eigenvalue weighted by Crippen LogP contribution is 2.52. The van der Waals surface area contributed by atoms with E-state index in [1.165, 1.54) is 0 Å². The number of carbonyl (C=O) groups is 1. The van der Waals surface area contributed by atoms with Crippen molar-refractivity contribution in [2.24, 2.45) is 5.41 Å². The van der Waals surface area contributed by atoms with Gasteiger partial charge in [0.25, 0.3) is 0 Å². The minimum Gasteiger partial charge on any atom is -0.496 e. The third kappa shape index (κ3) is 3.16. The minimum atomic E-state index is -0.692. The van der Waals surface area contributed by atoms with Gasteiger partial charge in [0.2, 0.25) is 0 Å². The van der Waals surface area contributed by atoms with Crippen LogP contribution in [-0.4, -0.2) is 23.9 Å². The highest BCUT2D eigenvalue weighted by atomic mass is 32.2. The lowest BCUT2D eigenvalue weighted by molar-refractivity contribution is -0.138. The molecule has 0 aliphatic heterocycles. The van der Waals surface area contributed by atoms with Crippen molar-refractivity contribution < 1.29 is 14.6 Å². The van der Waals surface area contributed by atoms with Gasteiger partial charge < -0.3 is 9.84 Å². The Hall–Kier alpha value is -1.16. The van der Waals surface area contributed by atoms with E-state index in [-0.39, 0.29) is 11.8 Å². The quantitative estimate of drug-likeness (QED) is 0.790. The lowest BCUT2D eigenvalue weighted by Gasteiger charge is -2.13. The molecule has 0 spiro atoms. The van der Waals surface area contributed by atoms with E-state index in [4.69, 9.17) is 9.84 Å². The Kier molecular flexibility index (Phi) is 3.62. The summed E-state index contributed by atoms with van der Waals surface area (Å²) in [4.78, 5) is 11.8. The third-order valence-corrected chi connectivity index (χ3v) is 4.49. The predicted molar refractivity (Wildman–Crippen MR) is 67.6 cm³/mol. The van der Waals surface area contributed by atoms with Crippen molar-refractivity contribution >= 4 is 17.7 Å². The first-order valence-electron chi connectivity index (χ1n) is 5.63. The number of carboxylic acid groups (broad SMARTS) is 1. The van der Waals surface area contributed by atoms with Crippen molar-refractivity contribution in [3.63, 3.8) is 0 Å². The molecular weight excluding hydrogens is 236 g/mol. The summed E-state index contributed by atoms with van der Waals surface area (Å²) in [6.07, 6.45) is 2.35. The molecule has 0 bridgehead atoms. The van der Waals surface area contributed by atoms with Crippen LogP contribution in [0.4, 0.5) is 0 Å². The van der Waals surface area contributed by atoms with E-state index >= 15 is 0 Å². The molecule has 0 atom stereocenters. The van der Waals surface area contributed by atoms with E-state index in [1.54, 1.807) is 18.9 Å². The van der Waals surface area contributed by atoms with Gasteiger partial charge in [0.05, 0.1) is 13.5 Å². The number of thioether (sulfide) groups is 1. The van der Waals surface area contributed by atoms with Crippen molar-refractivity contribution in [3.8, 4) is 5.75 Å². The number of hydrogen-bond acceptors (Lipinski definition) is 3. The number of para-hydroxylation sites is 1. The Bertz CT molecular complexity index is 413. The summed E-state index contributed by atoms with van der Waals surface area (Å²) < 4.78 is 5.27. The van der Waals surface area contributed by atoms with E-state index in [0.717, 1.165) is 29.2 Å². The summed E-state index contributed by atoms with van der Waals surface area (Å²) in [6, 6.07) is 7.86. The maximum Gasteiger partial charge on any atom is 0.303 e. The van der Waals surface area contributed by atoms with E-state index in [9.17, 15) is 4.79 Å². The van der Waals surface area contributed by atoms with Crippen LogP contribution in [0.3, 0.4) is 0 Å². The van der Waals surface area contributed by atoms with Crippen LogP contribution >= 0.6 is 11.8 Å². The van der Waals surface area contributed by atoms with Crippen LogP contribution in [0, 0.1) is 5.41 Å². The topological polar surface area (TPSA) is 46.5 Å². The van der Waals surface area contributed by atoms with Crippen molar-refractivity contribution in [1.29, 1.82) is 0 Å². The van der Waals surface area contributed by atoms with Gasteiger partial charge in [-0.2, -0.15) is 0 Å². The highest BCUT2D eigenvalue weighted by molar-refractivity contribution is 7.99. The number of rotatable bonds is 6. The molecule has 17 heavy (non-hydrogen) atoms. The van der Waals surface area contributed by atoms with E-state index < -0.39 is 5.97 Å². The van der Waals surface area contributed by atoms with Crippen LogP contribution in [0.25, 0.3) is 0 Å². The SMILES string of the molecule is COc1ccccc1SCC1(CC(=O)O)CC1. The van der Waals surface area contributed by atoms with Crippen LogP contribution in [0.5, 0.6) is 5.75 Å². The van der Waals surface area contributed by atoms with Crippen LogP contribution in [0.1, 0.15) is 19.3 Å². The zero-order valence-electron chi connectivity index (χ0n) is 9.81. The van der Waals surface area contributed by atoms with Crippen LogP contribution in [-0.2, 0) is 4.79 Å². The molecule has 92 valence electrons. The van der Waals surface area contributed by atoms with Gasteiger partial charge in [0.15, 0.2) is 0 Å². The third-order valence-electron chi connectivity index (χ3n) is 3.09. The summed E-state index contributed by atoms with van der Waals surface area (Å²) >= 11 is 1.69. The Labute approximate surface area is 105 Å². The first-order valence-corrected chi connectivity index (χ1v) is 6.61. The average molecular weight is 252 g/mol. The largest absolute Gasteiger partial charge is 0.496 e. The lowest BCUT2D eigenvalue weighted by atomic mass is 10.1. The molecule has 0 unspecified atom stereocenters. The summed E-state index contributed by atoms with van der Waals surface area (Å²) in [7, 11) is 1.66. The van der Waals surface area contributed by atoms with Gasteiger partial charge in [-0.05, 0) is 30.4 Å². The molecule has 0 saturated heterocycles. The number of aliphatic carboxylic acids is 1. The molecule has 0 heterocycles. The minimum absolute atomic E-state index is 0.0252. The van der Waals surface area contributed by atoms with Crippen LogP contribution in [0.15, 0.2) is 29.2 Å². The zero-order valence-corrected chi connectivity index (χ0v) is 10.6. The second-order valence-corrected chi connectivity index (χ2v) is 5.53. The highest BCUT2D eigenvalue weighted by Gasteiger charge is 2.44. The fourth-order valence-electron chi connectivity index (χ4n) is 1.84. The Morgan fingerprint density at radius 1 is 1.47 bits per heavy atom. The maximum atomic E-state index is 10.8. The Morgan fingerprint density at radius 2 is 2.18 bits per heavy atom. The monoisotopic (exact) mass is 252 g/mol. The van der Waals surface area contributed by atoms with Crippen molar-refractivity contribution in [2.45, 2.75) is 24.2 Å². The maximum absolute atomic E-state index is 10.8. The number of hydrogen-bond donors (Lipinski definition) is 1. The van der Waals surface area contributed by atoms with E-state index in [1.807, 2.05) is 24.3 Å². The molecule has 1 saturated carbocycles. The first-order chi connectivity index (χ1) is 8.15. The van der Waals surface area contributed by atoms with Crippen molar-refractivity contribution in [1.82, 2.24) is 0 Å². The standard InChI is InChI=1S/C13H16O3S/c1-16-10-4-2-3-5-11(10)17-9-13(6-7-13)8-12(14)15/h2-5H,6-9H2,1H3,(H,14,15). The molecule has 0 radical (unpaired) electrons. The van der Waals surface area contributed by atoms with Gasteiger partial charge in [-0.15, -0.1) is 11.8 Å². The second-order valence-electron chi connectivity index (χ2n) is 4.51. The molecule has 0 amide bonds. The molecule has 1 aliphatic carbocycles. The molecule has 1 fully saturated rings. The van der Waals surface area contributed by atoms with Gasteiger partial charge in [-0.25, -0.2) is 0 Å². The summed E-state index contributed by atoms with van der Waals surface area (Å²) in [5.74, 6) is 1.03. The fourth-order valence-corrected chi connectivity index (χ4v) is 3.16. The summed E-state index contributed by atoms with van der Waals surface area (Å²) in [5, 5.41) is 8.85. The Morgan fingerprint density at radius 3 is 2.76 bits per heavy atom. The van der Waals surface area contributed by atoms with Gasteiger partial charge in [-0.1, -0.05) is 12.1 Å². The van der Waals surface area contributed by atoms with Crippen molar-refractivity contribution in [2.75, 3.05) is 12.9 Å². The lowest BCUT2D eigenvalue weighted by Crippen LogP contribution is -2.10. The van der Waals surface area contributed by atoms with Crippen molar-refractivity contribution in [3.05, 3.63) is 24.3 Å². The number of carboxylic acids is 1. The summed E-state index contributed by atoms with van der Waals surface area (Å²) in [5.41, 5.74) is 0.0252. The van der Waals surface area contributed by atoms with Gasteiger partial charge >= 0.3 is 5.97 Å². The van der Waals surface area contributed by atoms with E-state index in [0.29, 0.717) is 0 Å². The first kappa shape index (κ1) is 12.3. The predicted octanol–water partition coefficient (Wildman–Crippen LogP) is 3.04. The molecule has 1 N–H and O–H groups in total. The number of methoxy groups -OCH3 is 1. The van der Waals surface area contributed by atoms with Gasteiger partial charge in [0, 0.05) is 10.6 Å². The molecule has 2 rings (SSSR count). The molecule has 1 aromatic rings. The molecule has 1 aliphatic rings. The van der Waals surface area contributed by atoms with Gasteiger partial charge in [0.1, 0.15) is 5.75 Å². The molecule has 3 nitrogen and oxygen atoms in total. The van der Waals surface area contributed by atoms with Crippen LogP contribution in [0.2, 0.25) is 0 Å². The average Bonchev–Trinajstić information content (AvgIpc) is 3.06. The normalized spacial score (nSPS) is 16.5. The van der Waals surface area contributed by atoms with Crippen LogP contribution < -0.4 is 4.74 Å². The number of benzene rings is 1. The fraction of sp³-hybridized carbons (Fsp3) is 0.462. The summed E-state index contributed by atoms with van der Waals surface area (Å²) in [6.45, 7) is 0. The molecule has 4 heteroatoms. The van der Waals surface area contributed by atoms with E-state index in [2.05, 4.69) is 0 Å². The number of ether oxygens (including phenoxy) is 1.